The molecule has 4 heteroatoms. The van der Waals surface area contributed by atoms with Crippen molar-refractivity contribution in [1.29, 1.82) is 0 Å². The van der Waals surface area contributed by atoms with Crippen LogP contribution in [0.25, 0.3) is 6.08 Å². The molecule has 1 aromatic heterocycles. The zero-order valence-electron chi connectivity index (χ0n) is 13.3. The second-order valence-electron chi connectivity index (χ2n) is 5.87. The topological polar surface area (TPSA) is 46.9 Å². The van der Waals surface area contributed by atoms with Gasteiger partial charge in [0.2, 0.25) is 5.91 Å². The maximum atomic E-state index is 12.1. The number of carbonyl (C=O) groups is 1. The number of amides is 1. The molecule has 1 N–H and O–H groups in total. The number of nitrogens with one attached hydrogen (secondary N) is 1. The van der Waals surface area contributed by atoms with Crippen molar-refractivity contribution >= 4 is 17.7 Å². The van der Waals surface area contributed by atoms with Gasteiger partial charge in [-0.25, -0.2) is 0 Å². The Kier molecular flexibility index (Phi) is 3.84. The van der Waals surface area contributed by atoms with E-state index in [4.69, 9.17) is 0 Å². The summed E-state index contributed by atoms with van der Waals surface area (Å²) in [5, 5.41) is 7.28. The summed E-state index contributed by atoms with van der Waals surface area (Å²) in [6.07, 6.45) is 6.89. The SMILES string of the molecule is Cc1nn(C)c(C)c1/C=C/C(=O)Nc1ccc2c(c1)CCC2. The molecule has 0 saturated heterocycles. The summed E-state index contributed by atoms with van der Waals surface area (Å²) in [6.45, 7) is 3.95. The van der Waals surface area contributed by atoms with E-state index in [-0.39, 0.29) is 5.91 Å². The number of anilines is 1. The molecule has 0 fully saturated rings. The van der Waals surface area contributed by atoms with Crippen LogP contribution in [-0.2, 0) is 24.7 Å². The van der Waals surface area contributed by atoms with Crippen LogP contribution in [0, 0.1) is 13.8 Å². The Labute approximate surface area is 130 Å². The lowest BCUT2D eigenvalue weighted by atomic mass is 10.1. The molecular weight excluding hydrogens is 274 g/mol. The molecule has 0 unspecified atom stereocenters. The van der Waals surface area contributed by atoms with Crippen molar-refractivity contribution in [3.63, 3.8) is 0 Å². The van der Waals surface area contributed by atoms with Crippen molar-refractivity contribution in [2.75, 3.05) is 5.32 Å². The molecule has 22 heavy (non-hydrogen) atoms. The van der Waals surface area contributed by atoms with E-state index in [1.807, 2.05) is 37.7 Å². The van der Waals surface area contributed by atoms with Gasteiger partial charge in [-0.3, -0.25) is 9.48 Å². The van der Waals surface area contributed by atoms with Gasteiger partial charge >= 0.3 is 0 Å². The van der Waals surface area contributed by atoms with Gasteiger partial charge in [0, 0.05) is 30.1 Å². The van der Waals surface area contributed by atoms with Gasteiger partial charge in [0.25, 0.3) is 0 Å². The monoisotopic (exact) mass is 295 g/mol. The number of hydrogen-bond acceptors (Lipinski definition) is 2. The summed E-state index contributed by atoms with van der Waals surface area (Å²) in [5.74, 6) is -0.111. The zero-order valence-corrected chi connectivity index (χ0v) is 13.3. The third-order valence-electron chi connectivity index (χ3n) is 4.33. The molecule has 0 atom stereocenters. The lowest BCUT2D eigenvalue weighted by molar-refractivity contribution is -0.111. The van der Waals surface area contributed by atoms with Gasteiger partial charge < -0.3 is 5.32 Å². The standard InChI is InChI=1S/C18H21N3O/c1-12-17(13(2)21(3)20-12)9-10-18(22)19-16-8-7-14-5-4-6-15(14)11-16/h7-11H,4-6H2,1-3H3,(H,19,22)/b10-9+. The number of fused-ring (bicyclic) bond motifs is 1. The molecule has 0 aliphatic heterocycles. The average Bonchev–Trinajstić information content (AvgIpc) is 3.02. The molecule has 3 rings (SSSR count). The summed E-state index contributed by atoms with van der Waals surface area (Å²) < 4.78 is 1.83. The fraction of sp³-hybridized carbons (Fsp3) is 0.333. The molecule has 1 aliphatic rings. The van der Waals surface area contributed by atoms with Crippen molar-refractivity contribution in [2.45, 2.75) is 33.1 Å². The van der Waals surface area contributed by atoms with Gasteiger partial charge in [-0.05, 0) is 62.4 Å². The van der Waals surface area contributed by atoms with Crippen LogP contribution >= 0.6 is 0 Å². The number of nitrogens with zero attached hydrogens (tertiary/aromatic N) is 2. The van der Waals surface area contributed by atoms with Crippen LogP contribution in [0.3, 0.4) is 0 Å². The molecule has 1 aliphatic carbocycles. The number of carbonyl (C=O) groups excluding carboxylic acids is 1. The Morgan fingerprint density at radius 3 is 2.77 bits per heavy atom. The molecule has 0 spiro atoms. The zero-order chi connectivity index (χ0) is 15.7. The summed E-state index contributed by atoms with van der Waals surface area (Å²) in [7, 11) is 1.91. The second kappa shape index (κ2) is 5.79. The number of benzene rings is 1. The van der Waals surface area contributed by atoms with Crippen molar-refractivity contribution in [3.8, 4) is 0 Å². The minimum Gasteiger partial charge on any atom is -0.323 e. The maximum absolute atomic E-state index is 12.1. The first-order chi connectivity index (χ1) is 10.5. The smallest absolute Gasteiger partial charge is 0.248 e. The van der Waals surface area contributed by atoms with E-state index in [9.17, 15) is 4.79 Å². The Hall–Kier alpha value is -2.36. The predicted octanol–water partition coefficient (Wildman–Crippen LogP) is 3.18. The number of aromatic nitrogens is 2. The predicted molar refractivity (Wildman–Crippen MR) is 88.8 cm³/mol. The molecule has 1 aromatic carbocycles. The number of rotatable bonds is 3. The summed E-state index contributed by atoms with van der Waals surface area (Å²) >= 11 is 0. The second-order valence-corrected chi connectivity index (χ2v) is 5.87. The maximum Gasteiger partial charge on any atom is 0.248 e. The van der Waals surface area contributed by atoms with Crippen LogP contribution in [0.2, 0.25) is 0 Å². The van der Waals surface area contributed by atoms with Crippen LogP contribution in [-0.4, -0.2) is 15.7 Å². The van der Waals surface area contributed by atoms with Crippen LogP contribution in [0.15, 0.2) is 24.3 Å². The van der Waals surface area contributed by atoms with Crippen molar-refractivity contribution in [1.82, 2.24) is 9.78 Å². The van der Waals surface area contributed by atoms with Crippen molar-refractivity contribution in [3.05, 3.63) is 52.4 Å². The Morgan fingerprint density at radius 2 is 2.05 bits per heavy atom. The molecular formula is C18H21N3O. The van der Waals surface area contributed by atoms with Crippen molar-refractivity contribution in [2.24, 2.45) is 7.05 Å². The molecule has 114 valence electrons. The highest BCUT2D eigenvalue weighted by atomic mass is 16.1. The highest BCUT2D eigenvalue weighted by Gasteiger charge is 2.11. The van der Waals surface area contributed by atoms with Gasteiger partial charge in [-0.2, -0.15) is 5.10 Å². The Bertz CT molecular complexity index is 756. The van der Waals surface area contributed by atoms with Crippen molar-refractivity contribution < 1.29 is 4.79 Å². The lowest BCUT2D eigenvalue weighted by Crippen LogP contribution is -2.08. The fourth-order valence-corrected chi connectivity index (χ4v) is 3.02. The summed E-state index contributed by atoms with van der Waals surface area (Å²) in [6, 6.07) is 6.20. The minimum atomic E-state index is -0.111. The van der Waals surface area contributed by atoms with Crippen LogP contribution in [0.4, 0.5) is 5.69 Å². The van der Waals surface area contributed by atoms with Gasteiger partial charge in [0.1, 0.15) is 0 Å². The van der Waals surface area contributed by atoms with Crippen LogP contribution in [0.5, 0.6) is 0 Å². The first kappa shape index (κ1) is 14.6. The quantitative estimate of drug-likeness (QED) is 0.884. The first-order valence-corrected chi connectivity index (χ1v) is 7.65. The van der Waals surface area contributed by atoms with Gasteiger partial charge in [0.15, 0.2) is 0 Å². The molecule has 0 bridgehead atoms. The highest BCUT2D eigenvalue weighted by Crippen LogP contribution is 2.24. The average molecular weight is 295 g/mol. The molecule has 4 nitrogen and oxygen atoms in total. The number of hydrogen-bond donors (Lipinski definition) is 1. The van der Waals surface area contributed by atoms with Gasteiger partial charge in [-0.1, -0.05) is 6.07 Å². The molecule has 1 amide bonds. The van der Waals surface area contributed by atoms with E-state index < -0.39 is 0 Å². The third kappa shape index (κ3) is 2.82. The van der Waals surface area contributed by atoms with E-state index in [1.165, 1.54) is 17.5 Å². The first-order valence-electron chi connectivity index (χ1n) is 7.65. The van der Waals surface area contributed by atoms with E-state index in [0.29, 0.717) is 0 Å². The summed E-state index contributed by atoms with van der Waals surface area (Å²) in [4.78, 5) is 12.1. The Balaban J connectivity index is 1.71. The molecule has 0 saturated carbocycles. The van der Waals surface area contributed by atoms with Gasteiger partial charge in [0.05, 0.1) is 5.69 Å². The lowest BCUT2D eigenvalue weighted by Gasteiger charge is -2.05. The molecule has 2 aromatic rings. The minimum absolute atomic E-state index is 0.111. The van der Waals surface area contributed by atoms with Crippen LogP contribution in [0.1, 0.15) is 34.5 Å². The largest absolute Gasteiger partial charge is 0.323 e. The van der Waals surface area contributed by atoms with E-state index in [1.54, 1.807) is 6.08 Å². The molecule has 1 heterocycles. The fourth-order valence-electron chi connectivity index (χ4n) is 3.02. The van der Waals surface area contributed by atoms with E-state index in [2.05, 4.69) is 22.5 Å². The normalized spacial score (nSPS) is 13.6. The third-order valence-corrected chi connectivity index (χ3v) is 4.33. The highest BCUT2D eigenvalue weighted by molar-refractivity contribution is 6.02. The van der Waals surface area contributed by atoms with Gasteiger partial charge in [-0.15, -0.1) is 0 Å². The summed E-state index contributed by atoms with van der Waals surface area (Å²) in [5.41, 5.74) is 6.64. The van der Waals surface area contributed by atoms with E-state index in [0.717, 1.165) is 35.5 Å². The van der Waals surface area contributed by atoms with Crippen LogP contribution < -0.4 is 5.32 Å². The molecule has 0 radical (unpaired) electrons. The van der Waals surface area contributed by atoms with E-state index >= 15 is 0 Å². The Morgan fingerprint density at radius 1 is 1.27 bits per heavy atom. The number of aryl methyl sites for hydroxylation is 4.